The largest absolute Gasteiger partial charge is 0.459 e. The maximum atomic E-state index is 12.4. The summed E-state index contributed by atoms with van der Waals surface area (Å²) in [6.07, 6.45) is 5.00. The zero-order chi connectivity index (χ0) is 18.3. The fourth-order valence-corrected chi connectivity index (χ4v) is 3.74. The highest BCUT2D eigenvalue weighted by Gasteiger charge is 2.47. The van der Waals surface area contributed by atoms with Crippen LogP contribution in [0.4, 0.5) is 0 Å². The van der Waals surface area contributed by atoms with Crippen molar-refractivity contribution in [3.8, 4) is 0 Å². The molecular weight excluding hydrogens is 332 g/mol. The molecule has 1 aromatic carbocycles. The van der Waals surface area contributed by atoms with Gasteiger partial charge in [-0.3, -0.25) is 19.3 Å². The van der Waals surface area contributed by atoms with E-state index < -0.39 is 0 Å². The average Bonchev–Trinajstić information content (AvgIpc) is 3.18. The van der Waals surface area contributed by atoms with Gasteiger partial charge < -0.3 is 9.73 Å². The van der Waals surface area contributed by atoms with E-state index in [2.05, 4.69) is 5.32 Å². The zero-order valence-electron chi connectivity index (χ0n) is 14.5. The van der Waals surface area contributed by atoms with E-state index in [9.17, 15) is 14.4 Å². The lowest BCUT2D eigenvalue weighted by molar-refractivity contribution is -0.143. The first-order chi connectivity index (χ1) is 12.5. The van der Waals surface area contributed by atoms with Crippen molar-refractivity contribution in [1.82, 2.24) is 10.2 Å². The van der Waals surface area contributed by atoms with E-state index >= 15 is 0 Å². The van der Waals surface area contributed by atoms with Crippen LogP contribution in [0.1, 0.15) is 31.6 Å². The Hall–Kier alpha value is -2.89. The van der Waals surface area contributed by atoms with Crippen molar-refractivity contribution >= 4 is 28.7 Å². The van der Waals surface area contributed by atoms with Gasteiger partial charge in [-0.15, -0.1) is 0 Å². The van der Waals surface area contributed by atoms with Crippen molar-refractivity contribution < 1.29 is 18.8 Å². The molecular formula is C20H20N2O4. The van der Waals surface area contributed by atoms with Gasteiger partial charge in [0, 0.05) is 5.39 Å². The SMILES string of the molecule is C[C@@H](NC(=O)CN1C(=O)[C@H]2CC=CC[C@@H]2C1=O)c1cc2ccccc2o1. The first-order valence-electron chi connectivity index (χ1n) is 8.82. The van der Waals surface area contributed by atoms with E-state index in [1.807, 2.05) is 49.4 Å². The van der Waals surface area contributed by atoms with Crippen molar-refractivity contribution in [3.05, 3.63) is 48.2 Å². The van der Waals surface area contributed by atoms with Gasteiger partial charge in [-0.05, 0) is 31.9 Å². The summed E-state index contributed by atoms with van der Waals surface area (Å²) in [4.78, 5) is 38.3. The number of fused-ring (bicyclic) bond motifs is 2. The van der Waals surface area contributed by atoms with Crippen molar-refractivity contribution in [1.29, 1.82) is 0 Å². The van der Waals surface area contributed by atoms with E-state index in [0.29, 0.717) is 18.6 Å². The molecule has 2 aromatic rings. The summed E-state index contributed by atoms with van der Waals surface area (Å²) in [5.74, 6) is -0.837. The topological polar surface area (TPSA) is 79.6 Å². The molecule has 0 radical (unpaired) electrons. The van der Waals surface area contributed by atoms with Gasteiger partial charge in [0.1, 0.15) is 17.9 Å². The molecule has 1 fully saturated rings. The molecule has 2 aliphatic rings. The van der Waals surface area contributed by atoms with Gasteiger partial charge in [0.2, 0.25) is 17.7 Å². The standard InChI is InChI=1S/C20H20N2O4/c1-12(17-10-13-6-2-5-9-16(13)26-17)21-18(23)11-22-19(24)14-7-3-4-8-15(14)20(22)25/h2-6,9-10,12,14-15H,7-8,11H2,1H3,(H,21,23)/t12-,14+,15+/m1/s1. The zero-order valence-corrected chi connectivity index (χ0v) is 14.5. The number of nitrogens with zero attached hydrogens (tertiary/aromatic N) is 1. The van der Waals surface area contributed by atoms with Gasteiger partial charge >= 0.3 is 0 Å². The molecule has 4 rings (SSSR count). The fraction of sp³-hybridized carbons (Fsp3) is 0.350. The number of allylic oxidation sites excluding steroid dienone is 2. The Morgan fingerprint density at radius 3 is 2.50 bits per heavy atom. The summed E-state index contributed by atoms with van der Waals surface area (Å²) >= 11 is 0. The number of hydrogen-bond donors (Lipinski definition) is 1. The summed E-state index contributed by atoms with van der Waals surface area (Å²) in [5.41, 5.74) is 0.755. The third-order valence-electron chi connectivity index (χ3n) is 5.15. The number of amides is 3. The summed E-state index contributed by atoms with van der Waals surface area (Å²) in [7, 11) is 0. The molecule has 0 bridgehead atoms. The lowest BCUT2D eigenvalue weighted by Crippen LogP contribution is -2.41. The van der Waals surface area contributed by atoms with Crippen LogP contribution < -0.4 is 5.32 Å². The first-order valence-corrected chi connectivity index (χ1v) is 8.82. The highest BCUT2D eigenvalue weighted by atomic mass is 16.3. The van der Waals surface area contributed by atoms with Crippen LogP contribution in [0, 0.1) is 11.8 Å². The molecule has 6 nitrogen and oxygen atoms in total. The summed E-state index contributed by atoms with van der Waals surface area (Å²) < 4.78 is 5.75. The number of rotatable bonds is 4. The molecule has 0 spiro atoms. The minimum absolute atomic E-state index is 0.240. The smallest absolute Gasteiger partial charge is 0.240 e. The fourth-order valence-electron chi connectivity index (χ4n) is 3.74. The van der Waals surface area contributed by atoms with Crippen LogP contribution >= 0.6 is 0 Å². The van der Waals surface area contributed by atoms with Crippen LogP contribution in [0.5, 0.6) is 0 Å². The third kappa shape index (κ3) is 2.81. The quantitative estimate of drug-likeness (QED) is 0.677. The Bertz CT molecular complexity index is 854. The van der Waals surface area contributed by atoms with Crippen LogP contribution in [-0.4, -0.2) is 29.2 Å². The molecule has 2 heterocycles. The number of nitrogens with one attached hydrogen (secondary N) is 1. The van der Waals surface area contributed by atoms with Gasteiger partial charge in [0.25, 0.3) is 0 Å². The molecule has 0 unspecified atom stereocenters. The van der Waals surface area contributed by atoms with Gasteiger partial charge in [-0.2, -0.15) is 0 Å². The summed E-state index contributed by atoms with van der Waals surface area (Å²) in [5, 5.41) is 3.78. The highest BCUT2D eigenvalue weighted by Crippen LogP contribution is 2.34. The Kier molecular flexibility index (Phi) is 4.11. The molecule has 1 aliphatic carbocycles. The van der Waals surface area contributed by atoms with Crippen LogP contribution in [0.25, 0.3) is 11.0 Å². The van der Waals surface area contributed by atoms with Crippen LogP contribution in [-0.2, 0) is 14.4 Å². The Balaban J connectivity index is 1.42. The van der Waals surface area contributed by atoms with E-state index in [1.165, 1.54) is 0 Å². The minimum atomic E-state index is -0.369. The van der Waals surface area contributed by atoms with Crippen molar-refractivity contribution in [3.63, 3.8) is 0 Å². The lowest BCUT2D eigenvalue weighted by atomic mass is 9.85. The van der Waals surface area contributed by atoms with Gasteiger partial charge in [0.05, 0.1) is 17.9 Å². The number of carbonyl (C=O) groups excluding carboxylic acids is 3. The number of carbonyl (C=O) groups is 3. The van der Waals surface area contributed by atoms with E-state index in [1.54, 1.807) is 0 Å². The van der Waals surface area contributed by atoms with E-state index in [0.717, 1.165) is 15.9 Å². The molecule has 26 heavy (non-hydrogen) atoms. The monoisotopic (exact) mass is 352 g/mol. The lowest BCUT2D eigenvalue weighted by Gasteiger charge is -2.16. The van der Waals surface area contributed by atoms with Gasteiger partial charge in [-0.1, -0.05) is 30.4 Å². The molecule has 3 atom stereocenters. The highest BCUT2D eigenvalue weighted by molar-refractivity contribution is 6.07. The number of likely N-dealkylation sites (tertiary alicyclic amines) is 1. The van der Waals surface area contributed by atoms with Gasteiger partial charge in [0.15, 0.2) is 0 Å². The van der Waals surface area contributed by atoms with Crippen molar-refractivity contribution in [2.24, 2.45) is 11.8 Å². The van der Waals surface area contributed by atoms with Crippen LogP contribution in [0.3, 0.4) is 0 Å². The normalized spacial score (nSPS) is 23.3. The first kappa shape index (κ1) is 16.6. The molecule has 1 aliphatic heterocycles. The number of furan rings is 1. The van der Waals surface area contributed by atoms with Crippen LogP contribution in [0.2, 0.25) is 0 Å². The number of imide groups is 1. The number of hydrogen-bond acceptors (Lipinski definition) is 4. The molecule has 3 amide bonds. The molecule has 1 saturated heterocycles. The molecule has 1 aromatic heterocycles. The molecule has 1 N–H and O–H groups in total. The summed E-state index contributed by atoms with van der Waals surface area (Å²) in [6.45, 7) is 1.57. The molecule has 6 heteroatoms. The van der Waals surface area contributed by atoms with Crippen molar-refractivity contribution in [2.75, 3.05) is 6.54 Å². The van der Waals surface area contributed by atoms with Crippen LogP contribution in [0.15, 0.2) is 46.9 Å². The Labute approximate surface area is 150 Å². The predicted molar refractivity (Wildman–Crippen MR) is 94.8 cm³/mol. The molecule has 0 saturated carbocycles. The minimum Gasteiger partial charge on any atom is -0.459 e. The van der Waals surface area contributed by atoms with Gasteiger partial charge in [-0.25, -0.2) is 0 Å². The second-order valence-electron chi connectivity index (χ2n) is 6.89. The summed E-state index contributed by atoms with van der Waals surface area (Å²) in [6, 6.07) is 9.14. The molecule has 134 valence electrons. The van der Waals surface area contributed by atoms with E-state index in [4.69, 9.17) is 4.42 Å². The third-order valence-corrected chi connectivity index (χ3v) is 5.15. The average molecular weight is 352 g/mol. The van der Waals surface area contributed by atoms with E-state index in [-0.39, 0.29) is 42.1 Å². The number of para-hydroxylation sites is 1. The Morgan fingerprint density at radius 2 is 1.85 bits per heavy atom. The number of benzene rings is 1. The predicted octanol–water partition coefficient (Wildman–Crippen LogP) is 2.56. The maximum Gasteiger partial charge on any atom is 0.240 e. The van der Waals surface area contributed by atoms with Crippen molar-refractivity contribution in [2.45, 2.75) is 25.8 Å². The Morgan fingerprint density at radius 1 is 1.19 bits per heavy atom. The maximum absolute atomic E-state index is 12.4. The second-order valence-corrected chi connectivity index (χ2v) is 6.89. The second kappa shape index (κ2) is 6.44.